The third kappa shape index (κ3) is 7.69. The van der Waals surface area contributed by atoms with E-state index in [9.17, 15) is 13.2 Å². The van der Waals surface area contributed by atoms with Gasteiger partial charge in [0.2, 0.25) is 0 Å². The summed E-state index contributed by atoms with van der Waals surface area (Å²) < 4.78 is 36.9. The molecule has 0 atom stereocenters. The van der Waals surface area contributed by atoms with Crippen molar-refractivity contribution in [2.45, 2.75) is 6.18 Å². The molecule has 1 rings (SSSR count). The smallest absolute Gasteiger partial charge is 0.380 e. The molecule has 0 aliphatic rings. The largest absolute Gasteiger partial charge is 0.416 e. The van der Waals surface area contributed by atoms with E-state index < -0.39 is 11.7 Å². The Bertz CT molecular complexity index is 500. The van der Waals surface area contributed by atoms with Crippen LogP contribution in [0.3, 0.4) is 0 Å². The third-order valence-electron chi connectivity index (χ3n) is 1.72. The maximum Gasteiger partial charge on any atom is 0.416 e. The Kier molecular flexibility index (Phi) is 7.10. The lowest BCUT2D eigenvalue weighted by molar-refractivity contribution is -0.137. The van der Waals surface area contributed by atoms with Crippen molar-refractivity contribution in [3.63, 3.8) is 0 Å². The minimum Gasteiger partial charge on any atom is -0.380 e. The van der Waals surface area contributed by atoms with Gasteiger partial charge in [0.25, 0.3) is 0 Å². The highest BCUT2D eigenvalue weighted by Crippen LogP contribution is 2.30. The van der Waals surface area contributed by atoms with Crippen LogP contribution in [0.15, 0.2) is 35.9 Å². The highest BCUT2D eigenvalue weighted by molar-refractivity contribution is 6.29. The maximum absolute atomic E-state index is 12.3. The molecule has 0 spiro atoms. The van der Waals surface area contributed by atoms with Crippen LogP contribution in [0, 0.1) is 22.7 Å². The van der Waals surface area contributed by atoms with Crippen molar-refractivity contribution in [3.8, 4) is 12.1 Å². The Labute approximate surface area is 113 Å². The molecule has 0 aliphatic carbocycles. The average Bonchev–Trinajstić information content (AvgIpc) is 2.36. The van der Waals surface area contributed by atoms with Crippen LogP contribution in [-0.4, -0.2) is 6.54 Å². The molecule has 0 aliphatic heterocycles. The van der Waals surface area contributed by atoms with Gasteiger partial charge in [-0.05, 0) is 18.2 Å². The van der Waals surface area contributed by atoms with Crippen molar-refractivity contribution in [2.24, 2.45) is 0 Å². The molecule has 0 unspecified atom stereocenters. The Morgan fingerprint density at radius 3 is 2.32 bits per heavy atom. The van der Waals surface area contributed by atoms with Crippen molar-refractivity contribution < 1.29 is 13.2 Å². The standard InChI is InChI=1S/C10H9ClF3N.C2N2/c1-7(11)6-15-9-4-2-3-8(5-9)10(12,13)14;3-1-2-4/h2-5,15H,1,6H2;. The van der Waals surface area contributed by atoms with E-state index in [1.54, 1.807) is 0 Å². The molecule has 0 radical (unpaired) electrons. The van der Waals surface area contributed by atoms with Gasteiger partial charge in [-0.2, -0.15) is 23.7 Å². The number of hydrogen-bond acceptors (Lipinski definition) is 3. The second-order valence-corrected chi connectivity index (χ2v) is 3.71. The molecule has 1 N–H and O–H groups in total. The van der Waals surface area contributed by atoms with Crippen molar-refractivity contribution >= 4 is 17.3 Å². The Balaban J connectivity index is 0.000000711. The van der Waals surface area contributed by atoms with Gasteiger partial charge >= 0.3 is 6.18 Å². The van der Waals surface area contributed by atoms with E-state index in [-0.39, 0.29) is 6.54 Å². The SMILES string of the molecule is C=C(Cl)CNc1cccc(C(F)(F)F)c1.N#CC#N. The zero-order valence-corrected chi connectivity index (χ0v) is 10.4. The van der Waals surface area contributed by atoms with Crippen LogP contribution in [-0.2, 0) is 6.18 Å². The first-order chi connectivity index (χ1) is 8.81. The summed E-state index contributed by atoms with van der Waals surface area (Å²) in [6, 6.07) is 7.39. The molecule has 0 saturated heterocycles. The van der Waals surface area contributed by atoms with E-state index in [1.807, 2.05) is 0 Å². The molecule has 0 bridgehead atoms. The zero-order chi connectivity index (χ0) is 14.9. The molecule has 100 valence electrons. The van der Waals surface area contributed by atoms with Crippen LogP contribution >= 0.6 is 11.6 Å². The summed E-state index contributed by atoms with van der Waals surface area (Å²) in [5, 5.41) is 17.6. The van der Waals surface area contributed by atoms with E-state index in [1.165, 1.54) is 24.3 Å². The minimum atomic E-state index is -4.32. The predicted octanol–water partition coefficient (Wildman–Crippen LogP) is 3.90. The number of anilines is 1. The third-order valence-corrected chi connectivity index (χ3v) is 1.86. The number of rotatable bonds is 3. The molecule has 0 amide bonds. The van der Waals surface area contributed by atoms with Gasteiger partial charge in [-0.3, -0.25) is 0 Å². The molecule has 0 heterocycles. The fourth-order valence-corrected chi connectivity index (χ4v) is 1.07. The number of alkyl halides is 3. The van der Waals surface area contributed by atoms with Gasteiger partial charge in [0.05, 0.1) is 12.1 Å². The van der Waals surface area contributed by atoms with E-state index in [0.717, 1.165) is 12.1 Å². The molecule has 0 saturated carbocycles. The van der Waals surface area contributed by atoms with Gasteiger partial charge < -0.3 is 5.32 Å². The molecular formula is C12H9ClF3N3. The van der Waals surface area contributed by atoms with Crippen molar-refractivity contribution in [2.75, 3.05) is 11.9 Å². The Morgan fingerprint density at radius 2 is 1.89 bits per heavy atom. The van der Waals surface area contributed by atoms with Crippen LogP contribution in [0.2, 0.25) is 0 Å². The first-order valence-electron chi connectivity index (χ1n) is 4.84. The summed E-state index contributed by atoms with van der Waals surface area (Å²) >= 11 is 5.48. The summed E-state index contributed by atoms with van der Waals surface area (Å²) in [7, 11) is 0. The molecule has 1 aromatic rings. The van der Waals surface area contributed by atoms with E-state index in [4.69, 9.17) is 22.1 Å². The lowest BCUT2D eigenvalue weighted by Gasteiger charge is -2.09. The topological polar surface area (TPSA) is 59.6 Å². The predicted molar refractivity (Wildman–Crippen MR) is 66.2 cm³/mol. The van der Waals surface area contributed by atoms with Gasteiger partial charge in [0, 0.05) is 10.7 Å². The van der Waals surface area contributed by atoms with Crippen molar-refractivity contribution in [3.05, 3.63) is 41.4 Å². The summed E-state index contributed by atoms with van der Waals surface area (Å²) in [5.74, 6) is 0. The summed E-state index contributed by atoms with van der Waals surface area (Å²) in [6.45, 7) is 3.66. The Hall–Kier alpha value is -2.18. The molecule has 19 heavy (non-hydrogen) atoms. The van der Waals surface area contributed by atoms with Crippen LogP contribution in [0.5, 0.6) is 0 Å². The lowest BCUT2D eigenvalue weighted by atomic mass is 10.2. The monoisotopic (exact) mass is 287 g/mol. The van der Waals surface area contributed by atoms with Gasteiger partial charge in [-0.25, -0.2) is 0 Å². The summed E-state index contributed by atoms with van der Waals surface area (Å²) in [4.78, 5) is 0. The van der Waals surface area contributed by atoms with Gasteiger partial charge in [-0.15, -0.1) is 0 Å². The zero-order valence-electron chi connectivity index (χ0n) is 9.63. The van der Waals surface area contributed by atoms with Gasteiger partial charge in [0.1, 0.15) is 0 Å². The first-order valence-corrected chi connectivity index (χ1v) is 5.21. The fraction of sp³-hybridized carbons (Fsp3) is 0.167. The molecule has 7 heteroatoms. The average molecular weight is 288 g/mol. The second kappa shape index (κ2) is 8.02. The first kappa shape index (κ1) is 16.8. The van der Waals surface area contributed by atoms with Crippen LogP contribution < -0.4 is 5.32 Å². The normalized spacial score (nSPS) is 9.37. The molecular weight excluding hydrogens is 279 g/mol. The van der Waals surface area contributed by atoms with E-state index >= 15 is 0 Å². The highest BCUT2D eigenvalue weighted by atomic mass is 35.5. The second-order valence-electron chi connectivity index (χ2n) is 3.17. The number of nitrogens with one attached hydrogen (secondary N) is 1. The minimum absolute atomic E-state index is 0.239. The number of nitrogens with zero attached hydrogens (tertiary/aromatic N) is 2. The molecule has 0 aromatic heterocycles. The van der Waals surface area contributed by atoms with E-state index in [2.05, 4.69) is 11.9 Å². The van der Waals surface area contributed by atoms with Crippen LogP contribution in [0.1, 0.15) is 5.56 Å². The maximum atomic E-state index is 12.3. The van der Waals surface area contributed by atoms with Crippen molar-refractivity contribution in [1.29, 1.82) is 10.5 Å². The summed E-state index contributed by atoms with van der Waals surface area (Å²) in [6.07, 6.45) is -4.32. The van der Waals surface area contributed by atoms with Crippen molar-refractivity contribution in [1.82, 2.24) is 0 Å². The number of benzene rings is 1. The van der Waals surface area contributed by atoms with Crippen LogP contribution in [0.4, 0.5) is 18.9 Å². The van der Waals surface area contributed by atoms with Gasteiger partial charge in [-0.1, -0.05) is 24.2 Å². The lowest BCUT2D eigenvalue weighted by Crippen LogP contribution is -2.06. The van der Waals surface area contributed by atoms with E-state index in [0.29, 0.717) is 10.7 Å². The molecule has 3 nitrogen and oxygen atoms in total. The highest BCUT2D eigenvalue weighted by Gasteiger charge is 2.30. The molecule has 1 aromatic carbocycles. The summed E-state index contributed by atoms with van der Waals surface area (Å²) in [5.41, 5.74) is -0.320. The quantitative estimate of drug-likeness (QED) is 0.917. The fourth-order valence-electron chi connectivity index (χ4n) is 1.00. The number of nitriles is 2. The van der Waals surface area contributed by atoms with Crippen LogP contribution in [0.25, 0.3) is 0 Å². The number of halogens is 4. The molecule has 0 fully saturated rings. The number of hydrogen-bond donors (Lipinski definition) is 1. The van der Waals surface area contributed by atoms with Gasteiger partial charge in [0.15, 0.2) is 12.1 Å². The Morgan fingerprint density at radius 1 is 1.32 bits per heavy atom.